The van der Waals surface area contributed by atoms with E-state index < -0.39 is 8.80 Å². The lowest BCUT2D eigenvalue weighted by molar-refractivity contribution is -0.0725. The first-order chi connectivity index (χ1) is 10.1. The normalized spacial score (nSPS) is 27.0. The molecule has 0 spiro atoms. The molecule has 0 radical (unpaired) electrons. The summed E-state index contributed by atoms with van der Waals surface area (Å²) < 4.78 is 22.3. The van der Waals surface area contributed by atoms with E-state index in [-0.39, 0.29) is 12.2 Å². The molecule has 0 amide bonds. The Kier molecular flexibility index (Phi) is 9.00. The van der Waals surface area contributed by atoms with Crippen LogP contribution < -0.4 is 0 Å². The summed E-state index contributed by atoms with van der Waals surface area (Å²) in [6.07, 6.45) is 5.64. The summed E-state index contributed by atoms with van der Waals surface area (Å²) in [5.41, 5.74) is 0. The van der Waals surface area contributed by atoms with Crippen LogP contribution in [0.2, 0.25) is 6.04 Å². The molecule has 0 heterocycles. The second kappa shape index (κ2) is 9.92. The number of aliphatic hydroxyl groups excluding tert-OH is 1. The lowest BCUT2D eigenvalue weighted by Crippen LogP contribution is -2.43. The highest BCUT2D eigenvalue weighted by Gasteiger charge is 2.39. The highest BCUT2D eigenvalue weighted by atomic mass is 28.4. The molecule has 0 bridgehead atoms. The predicted octanol–water partition coefficient (Wildman–Crippen LogP) is 2.60. The first-order valence-electron chi connectivity index (χ1n) is 8.05. The molecule has 21 heavy (non-hydrogen) atoms. The van der Waals surface area contributed by atoms with Crippen LogP contribution in [0.3, 0.4) is 0 Å². The number of ether oxygens (including phenoxy) is 1. The molecule has 6 heteroatoms. The van der Waals surface area contributed by atoms with Gasteiger partial charge in [-0.2, -0.15) is 0 Å². The summed E-state index contributed by atoms with van der Waals surface area (Å²) in [7, 11) is 2.48. The van der Waals surface area contributed by atoms with Gasteiger partial charge >= 0.3 is 8.80 Å². The van der Waals surface area contributed by atoms with E-state index in [0.29, 0.717) is 5.92 Å². The Hall–Kier alpha value is 0.0169. The minimum absolute atomic E-state index is 0.0148. The van der Waals surface area contributed by atoms with Crippen LogP contribution in [-0.4, -0.2) is 54.1 Å². The van der Waals surface area contributed by atoms with Crippen molar-refractivity contribution in [3.05, 3.63) is 0 Å². The molecule has 1 rings (SSSR count). The highest BCUT2D eigenvalue weighted by Crippen LogP contribution is 2.32. The van der Waals surface area contributed by atoms with Crippen molar-refractivity contribution in [3.63, 3.8) is 0 Å². The first-order valence-corrected chi connectivity index (χ1v) is 9.99. The second-order valence-corrected chi connectivity index (χ2v) is 8.93. The van der Waals surface area contributed by atoms with E-state index in [4.69, 9.17) is 18.0 Å². The molecule has 0 aromatic rings. The van der Waals surface area contributed by atoms with Crippen molar-refractivity contribution in [2.24, 2.45) is 5.92 Å². The summed E-state index contributed by atoms with van der Waals surface area (Å²) in [5.74, 6) is 0.548. The van der Waals surface area contributed by atoms with Crippen molar-refractivity contribution in [3.8, 4) is 0 Å². The van der Waals surface area contributed by atoms with Gasteiger partial charge in [0.1, 0.15) is 0 Å². The molecule has 1 saturated carbocycles. The Morgan fingerprint density at radius 1 is 1.10 bits per heavy atom. The summed E-state index contributed by atoms with van der Waals surface area (Å²) >= 11 is 0. The summed E-state index contributed by atoms with van der Waals surface area (Å²) in [6.45, 7) is 2.89. The Bertz CT molecular complexity index is 265. The molecule has 1 aliphatic rings. The minimum Gasteiger partial charge on any atom is -0.390 e. The first kappa shape index (κ1) is 19.1. The van der Waals surface area contributed by atoms with E-state index in [1.807, 2.05) is 0 Å². The molecule has 3 unspecified atom stereocenters. The van der Waals surface area contributed by atoms with Crippen molar-refractivity contribution in [2.45, 2.75) is 63.7 Å². The van der Waals surface area contributed by atoms with Gasteiger partial charge in [-0.3, -0.25) is 0 Å². The molecular formula is C15H32O5Si. The van der Waals surface area contributed by atoms with Crippen molar-refractivity contribution in [1.29, 1.82) is 0 Å². The Balaban J connectivity index is 2.41. The topological polar surface area (TPSA) is 57.2 Å². The Labute approximate surface area is 130 Å². The fourth-order valence-corrected chi connectivity index (χ4v) is 4.83. The fraction of sp³-hybridized carbons (Fsp3) is 1.00. The number of aliphatic hydroxyl groups is 1. The van der Waals surface area contributed by atoms with Crippen LogP contribution in [0.1, 0.15) is 45.4 Å². The largest absolute Gasteiger partial charge is 0.500 e. The van der Waals surface area contributed by atoms with E-state index in [2.05, 4.69) is 6.92 Å². The van der Waals surface area contributed by atoms with E-state index in [0.717, 1.165) is 51.2 Å². The van der Waals surface area contributed by atoms with Crippen LogP contribution in [0.25, 0.3) is 0 Å². The van der Waals surface area contributed by atoms with Gasteiger partial charge in [0.25, 0.3) is 0 Å². The number of hydrogen-bond donors (Lipinski definition) is 1. The molecule has 126 valence electrons. The van der Waals surface area contributed by atoms with Crippen LogP contribution in [0.15, 0.2) is 0 Å². The van der Waals surface area contributed by atoms with Gasteiger partial charge in [-0.15, -0.1) is 0 Å². The summed E-state index contributed by atoms with van der Waals surface area (Å²) in [5, 5.41) is 10.1. The highest BCUT2D eigenvalue weighted by molar-refractivity contribution is 6.60. The van der Waals surface area contributed by atoms with Crippen molar-refractivity contribution in [2.75, 3.05) is 27.9 Å². The summed E-state index contributed by atoms with van der Waals surface area (Å²) in [4.78, 5) is 0. The third kappa shape index (κ3) is 5.96. The van der Waals surface area contributed by atoms with Gasteiger partial charge in [-0.25, -0.2) is 0 Å². The molecule has 0 saturated heterocycles. The molecule has 1 N–H and O–H groups in total. The number of unbranched alkanes of at least 4 members (excludes halogenated alkanes) is 1. The van der Waals surface area contributed by atoms with E-state index in [1.54, 1.807) is 21.3 Å². The van der Waals surface area contributed by atoms with Gasteiger partial charge in [0, 0.05) is 34.0 Å². The van der Waals surface area contributed by atoms with Crippen LogP contribution in [0.4, 0.5) is 0 Å². The maximum Gasteiger partial charge on any atom is 0.500 e. The fourth-order valence-electron chi connectivity index (χ4n) is 2.95. The van der Waals surface area contributed by atoms with E-state index >= 15 is 0 Å². The van der Waals surface area contributed by atoms with Gasteiger partial charge in [-0.05, 0) is 38.0 Å². The van der Waals surface area contributed by atoms with E-state index in [1.165, 1.54) is 0 Å². The third-order valence-electron chi connectivity index (χ3n) is 4.49. The monoisotopic (exact) mass is 320 g/mol. The standard InChI is InChI=1S/C15H32O5Si/c1-5-6-10-20-15-12-13(7-8-14(15)16)9-11-21(17-2,18-3)19-4/h13-16H,5-12H2,1-4H3. The zero-order valence-corrected chi connectivity index (χ0v) is 15.0. The molecule has 0 aromatic carbocycles. The molecule has 0 aliphatic heterocycles. The van der Waals surface area contributed by atoms with E-state index in [9.17, 15) is 5.11 Å². The number of hydrogen-bond acceptors (Lipinski definition) is 5. The Morgan fingerprint density at radius 3 is 2.33 bits per heavy atom. The SMILES string of the molecule is CCCCOC1CC(CC[Si](OC)(OC)OC)CCC1O. The number of rotatable bonds is 10. The quantitative estimate of drug-likeness (QED) is 0.495. The lowest BCUT2D eigenvalue weighted by Gasteiger charge is -2.34. The van der Waals surface area contributed by atoms with Gasteiger partial charge in [0.15, 0.2) is 0 Å². The van der Waals surface area contributed by atoms with Crippen LogP contribution >= 0.6 is 0 Å². The maximum atomic E-state index is 10.1. The molecule has 0 aromatic heterocycles. The third-order valence-corrected chi connectivity index (χ3v) is 7.25. The molecule has 3 atom stereocenters. The average molecular weight is 321 g/mol. The van der Waals surface area contributed by atoms with Crippen LogP contribution in [0.5, 0.6) is 0 Å². The second-order valence-electron chi connectivity index (χ2n) is 5.84. The average Bonchev–Trinajstić information content (AvgIpc) is 2.52. The predicted molar refractivity (Wildman–Crippen MR) is 84.2 cm³/mol. The zero-order chi connectivity index (χ0) is 15.7. The van der Waals surface area contributed by atoms with Crippen molar-refractivity contribution in [1.82, 2.24) is 0 Å². The minimum atomic E-state index is -2.47. The smallest absolute Gasteiger partial charge is 0.390 e. The van der Waals surface area contributed by atoms with Gasteiger partial charge in [-0.1, -0.05) is 13.3 Å². The van der Waals surface area contributed by atoms with Crippen LogP contribution in [-0.2, 0) is 18.0 Å². The van der Waals surface area contributed by atoms with Crippen molar-refractivity contribution < 1.29 is 23.1 Å². The van der Waals surface area contributed by atoms with Gasteiger partial charge in [0.2, 0.25) is 0 Å². The molecule has 1 fully saturated rings. The molecule has 5 nitrogen and oxygen atoms in total. The molecule has 1 aliphatic carbocycles. The van der Waals surface area contributed by atoms with Gasteiger partial charge in [0.05, 0.1) is 12.2 Å². The Morgan fingerprint density at radius 2 is 1.76 bits per heavy atom. The maximum absolute atomic E-state index is 10.1. The lowest BCUT2D eigenvalue weighted by atomic mass is 9.84. The van der Waals surface area contributed by atoms with Crippen LogP contribution in [0, 0.1) is 5.92 Å². The zero-order valence-electron chi connectivity index (χ0n) is 14.0. The molecular weight excluding hydrogens is 288 g/mol. The van der Waals surface area contributed by atoms with Gasteiger partial charge < -0.3 is 23.1 Å². The summed E-state index contributed by atoms with van der Waals surface area (Å²) in [6, 6.07) is 0.818. The van der Waals surface area contributed by atoms with Crippen molar-refractivity contribution >= 4 is 8.80 Å².